The van der Waals surface area contributed by atoms with Gasteiger partial charge in [0.1, 0.15) is 0 Å². The zero-order chi connectivity index (χ0) is 11.9. The molecule has 0 aliphatic carbocycles. The van der Waals surface area contributed by atoms with Gasteiger partial charge >= 0.3 is 0 Å². The van der Waals surface area contributed by atoms with Gasteiger partial charge in [-0.2, -0.15) is 0 Å². The van der Waals surface area contributed by atoms with Crippen molar-refractivity contribution in [3.05, 3.63) is 0 Å². The van der Waals surface area contributed by atoms with Crippen molar-refractivity contribution >= 4 is 0 Å². The predicted octanol–water partition coefficient (Wildman–Crippen LogP) is -1.49. The van der Waals surface area contributed by atoms with Crippen LogP contribution in [0.4, 0.5) is 0 Å². The Bertz CT molecular complexity index is 200. The molecule has 1 unspecified atom stereocenters. The number of nitrogens with one attached hydrogen (secondary N) is 2. The molecule has 2 bridgehead atoms. The average Bonchev–Trinajstić information content (AvgIpc) is 2.40. The molecule has 3 saturated heterocycles. The molecule has 0 saturated carbocycles. The van der Waals surface area contributed by atoms with Crippen LogP contribution in [0.3, 0.4) is 0 Å². The molecule has 3 aliphatic rings. The van der Waals surface area contributed by atoms with Crippen LogP contribution in [0, 0.1) is 0 Å². The SMILES string of the molecule is NCC1CNCCNCCCN2CCN1CC2. The largest absolute Gasteiger partial charge is 0.329 e. The predicted molar refractivity (Wildman–Crippen MR) is 71.2 cm³/mol. The highest BCUT2D eigenvalue weighted by molar-refractivity contribution is 4.81. The van der Waals surface area contributed by atoms with E-state index in [1.165, 1.54) is 39.1 Å². The van der Waals surface area contributed by atoms with E-state index in [0.29, 0.717) is 6.04 Å². The second-order valence-corrected chi connectivity index (χ2v) is 5.07. The molecule has 0 amide bonds. The lowest BCUT2D eigenvalue weighted by Gasteiger charge is -2.39. The van der Waals surface area contributed by atoms with Crippen molar-refractivity contribution in [1.29, 1.82) is 0 Å². The monoisotopic (exact) mass is 241 g/mol. The molecule has 3 aliphatic heterocycles. The van der Waals surface area contributed by atoms with Gasteiger partial charge in [-0.1, -0.05) is 0 Å². The maximum absolute atomic E-state index is 5.89. The summed E-state index contributed by atoms with van der Waals surface area (Å²) in [6, 6.07) is 0.512. The fourth-order valence-electron chi connectivity index (χ4n) is 2.71. The summed E-state index contributed by atoms with van der Waals surface area (Å²) in [6.45, 7) is 11.1. The van der Waals surface area contributed by atoms with E-state index < -0.39 is 0 Å². The van der Waals surface area contributed by atoms with Crippen LogP contribution in [0.25, 0.3) is 0 Å². The second kappa shape index (κ2) is 7.28. The number of piperazine rings is 1. The maximum Gasteiger partial charge on any atom is 0.0344 e. The highest BCUT2D eigenvalue weighted by Crippen LogP contribution is 2.06. The van der Waals surface area contributed by atoms with Crippen LogP contribution in [0.15, 0.2) is 0 Å². The molecule has 4 N–H and O–H groups in total. The summed E-state index contributed by atoms with van der Waals surface area (Å²) >= 11 is 0. The topological polar surface area (TPSA) is 56.6 Å². The number of hydrogen-bond donors (Lipinski definition) is 3. The Morgan fingerprint density at radius 2 is 1.71 bits per heavy atom. The minimum atomic E-state index is 0.512. The lowest BCUT2D eigenvalue weighted by atomic mass is 10.2. The summed E-state index contributed by atoms with van der Waals surface area (Å²) in [5.74, 6) is 0. The van der Waals surface area contributed by atoms with Crippen LogP contribution in [0.1, 0.15) is 6.42 Å². The molecule has 3 fully saturated rings. The third-order valence-corrected chi connectivity index (χ3v) is 3.88. The van der Waals surface area contributed by atoms with Gasteiger partial charge in [-0.05, 0) is 19.5 Å². The summed E-state index contributed by atoms with van der Waals surface area (Å²) in [5.41, 5.74) is 5.89. The van der Waals surface area contributed by atoms with E-state index in [4.69, 9.17) is 5.73 Å². The van der Waals surface area contributed by atoms with Gasteiger partial charge in [-0.25, -0.2) is 0 Å². The van der Waals surface area contributed by atoms with Crippen LogP contribution in [-0.4, -0.2) is 81.3 Å². The van der Waals surface area contributed by atoms with Crippen LogP contribution in [0.5, 0.6) is 0 Å². The number of rotatable bonds is 1. The normalized spacial score (nSPS) is 36.9. The minimum absolute atomic E-state index is 0.512. The van der Waals surface area contributed by atoms with E-state index in [9.17, 15) is 0 Å². The molecule has 0 spiro atoms. The molecular weight excluding hydrogens is 214 g/mol. The maximum atomic E-state index is 5.89. The van der Waals surface area contributed by atoms with Gasteiger partial charge in [0.05, 0.1) is 0 Å². The second-order valence-electron chi connectivity index (χ2n) is 5.07. The first-order valence-corrected chi connectivity index (χ1v) is 6.98. The first-order valence-electron chi connectivity index (χ1n) is 6.98. The Morgan fingerprint density at radius 3 is 2.47 bits per heavy atom. The summed E-state index contributed by atoms with van der Waals surface area (Å²) in [4.78, 5) is 5.13. The van der Waals surface area contributed by atoms with E-state index in [-0.39, 0.29) is 0 Å². The smallest absolute Gasteiger partial charge is 0.0344 e. The lowest BCUT2D eigenvalue weighted by Crippen LogP contribution is -2.55. The minimum Gasteiger partial charge on any atom is -0.329 e. The number of nitrogens with zero attached hydrogens (tertiary/aromatic N) is 2. The first-order chi connectivity index (χ1) is 8.40. The third-order valence-electron chi connectivity index (χ3n) is 3.88. The van der Waals surface area contributed by atoms with Crippen molar-refractivity contribution in [3.63, 3.8) is 0 Å². The molecule has 5 nitrogen and oxygen atoms in total. The molecule has 0 aromatic rings. The fourth-order valence-corrected chi connectivity index (χ4v) is 2.71. The molecule has 1 atom stereocenters. The Morgan fingerprint density at radius 1 is 0.941 bits per heavy atom. The zero-order valence-electron chi connectivity index (χ0n) is 10.8. The van der Waals surface area contributed by atoms with Crippen molar-refractivity contribution in [3.8, 4) is 0 Å². The number of hydrogen-bond acceptors (Lipinski definition) is 5. The van der Waals surface area contributed by atoms with Crippen molar-refractivity contribution in [2.75, 3.05) is 65.4 Å². The van der Waals surface area contributed by atoms with Gasteiger partial charge in [-0.3, -0.25) is 4.90 Å². The van der Waals surface area contributed by atoms with Crippen molar-refractivity contribution in [2.24, 2.45) is 5.73 Å². The van der Waals surface area contributed by atoms with E-state index in [1.807, 2.05) is 0 Å². The Hall–Kier alpha value is -0.200. The average molecular weight is 241 g/mol. The summed E-state index contributed by atoms with van der Waals surface area (Å²) in [7, 11) is 0. The standard InChI is InChI=1S/C12H27N5/c13-10-12-11-15-4-3-14-2-1-5-16-6-8-17(12)9-7-16/h12,14-15H,1-11,13H2. The number of fused-ring (bicyclic) bond motifs is 10. The van der Waals surface area contributed by atoms with E-state index in [0.717, 1.165) is 32.7 Å². The van der Waals surface area contributed by atoms with Gasteiger partial charge in [0, 0.05) is 58.4 Å². The Kier molecular flexibility index (Phi) is 5.67. The van der Waals surface area contributed by atoms with Crippen LogP contribution < -0.4 is 16.4 Å². The van der Waals surface area contributed by atoms with Gasteiger partial charge < -0.3 is 21.3 Å². The first kappa shape index (κ1) is 13.2. The van der Waals surface area contributed by atoms with E-state index in [2.05, 4.69) is 20.4 Å². The molecule has 5 heteroatoms. The third kappa shape index (κ3) is 4.19. The molecule has 17 heavy (non-hydrogen) atoms. The summed E-state index contributed by atoms with van der Waals surface area (Å²) in [5, 5.41) is 6.99. The van der Waals surface area contributed by atoms with Crippen molar-refractivity contribution in [2.45, 2.75) is 12.5 Å². The van der Waals surface area contributed by atoms with Crippen LogP contribution in [0.2, 0.25) is 0 Å². The van der Waals surface area contributed by atoms with Gasteiger partial charge in [0.25, 0.3) is 0 Å². The molecule has 100 valence electrons. The zero-order valence-corrected chi connectivity index (χ0v) is 10.8. The highest BCUT2D eigenvalue weighted by Gasteiger charge is 2.22. The van der Waals surface area contributed by atoms with Gasteiger partial charge in [-0.15, -0.1) is 0 Å². The molecule has 0 radical (unpaired) electrons. The van der Waals surface area contributed by atoms with E-state index in [1.54, 1.807) is 0 Å². The quantitative estimate of drug-likeness (QED) is 0.522. The highest BCUT2D eigenvalue weighted by atomic mass is 15.3. The fraction of sp³-hybridized carbons (Fsp3) is 1.00. The molecular formula is C12H27N5. The van der Waals surface area contributed by atoms with E-state index >= 15 is 0 Å². The molecule has 0 aromatic heterocycles. The van der Waals surface area contributed by atoms with Crippen molar-refractivity contribution < 1.29 is 0 Å². The van der Waals surface area contributed by atoms with Crippen LogP contribution in [-0.2, 0) is 0 Å². The van der Waals surface area contributed by atoms with Gasteiger partial charge in [0.15, 0.2) is 0 Å². The van der Waals surface area contributed by atoms with Crippen LogP contribution >= 0.6 is 0 Å². The molecule has 0 aromatic carbocycles. The number of nitrogens with two attached hydrogens (primary N) is 1. The van der Waals surface area contributed by atoms with Gasteiger partial charge in [0.2, 0.25) is 0 Å². The van der Waals surface area contributed by atoms with Crippen molar-refractivity contribution in [1.82, 2.24) is 20.4 Å². The Balaban J connectivity index is 1.87. The lowest BCUT2D eigenvalue weighted by molar-refractivity contribution is 0.0982. The Labute approximate surface area is 105 Å². The summed E-state index contributed by atoms with van der Waals surface area (Å²) < 4.78 is 0. The summed E-state index contributed by atoms with van der Waals surface area (Å²) in [6.07, 6.45) is 1.26. The molecule has 3 rings (SSSR count). The molecule has 3 heterocycles.